The van der Waals surface area contributed by atoms with Crippen molar-refractivity contribution >= 4 is 11.8 Å². The van der Waals surface area contributed by atoms with E-state index in [9.17, 15) is 4.79 Å². The van der Waals surface area contributed by atoms with Crippen LogP contribution in [0.1, 0.15) is 0 Å². The summed E-state index contributed by atoms with van der Waals surface area (Å²) in [6.45, 7) is 7.03. The van der Waals surface area contributed by atoms with Crippen LogP contribution in [0.15, 0.2) is 49.1 Å². The molecule has 0 unspecified atom stereocenters. The van der Waals surface area contributed by atoms with Crippen LogP contribution >= 0.6 is 0 Å². The molecule has 0 saturated carbocycles. The van der Waals surface area contributed by atoms with Gasteiger partial charge in [-0.15, -0.1) is 0 Å². The molecule has 1 aromatic rings. The van der Waals surface area contributed by atoms with E-state index in [0.717, 1.165) is 0 Å². The molecule has 5 nitrogen and oxygen atoms in total. The summed E-state index contributed by atoms with van der Waals surface area (Å²) < 4.78 is 6.16. The molecule has 0 saturated heterocycles. The minimum atomic E-state index is -0.508. The lowest BCUT2D eigenvalue weighted by molar-refractivity contribution is 0.163. The Hall–Kier alpha value is -2.17. The van der Waals surface area contributed by atoms with Crippen molar-refractivity contribution in [2.75, 3.05) is 6.61 Å². The molecule has 0 aliphatic carbocycles. The maximum Gasteiger partial charge on any atom is 0.419 e. The van der Waals surface area contributed by atoms with Crippen molar-refractivity contribution in [1.82, 2.24) is 9.55 Å². The molecule has 5 heteroatoms. The molecule has 0 aliphatic rings. The smallest absolute Gasteiger partial charge is 0.419 e. The van der Waals surface area contributed by atoms with Gasteiger partial charge in [0.15, 0.2) is 0 Å². The fourth-order valence-corrected chi connectivity index (χ4v) is 0.843. The van der Waals surface area contributed by atoms with Crippen molar-refractivity contribution in [2.24, 2.45) is 4.99 Å². The van der Waals surface area contributed by atoms with Gasteiger partial charge in [-0.2, -0.15) is 0 Å². The average molecular weight is 205 g/mol. The van der Waals surface area contributed by atoms with Crippen LogP contribution in [-0.2, 0) is 4.74 Å². The molecular weight excluding hydrogens is 194 g/mol. The summed E-state index contributed by atoms with van der Waals surface area (Å²) in [6.07, 6.45) is 6.71. The highest BCUT2D eigenvalue weighted by molar-refractivity contribution is 5.96. The zero-order chi connectivity index (χ0) is 11.1. The molecular formula is C10H11N3O2. The fraction of sp³-hybridized carbons (Fsp3) is 0.100. The van der Waals surface area contributed by atoms with Crippen molar-refractivity contribution in [1.29, 1.82) is 0 Å². The number of ether oxygens (including phenoxy) is 1. The van der Waals surface area contributed by atoms with E-state index in [1.165, 1.54) is 35.6 Å². The highest BCUT2D eigenvalue weighted by Crippen LogP contribution is 1.92. The first-order valence-electron chi connectivity index (χ1n) is 4.23. The van der Waals surface area contributed by atoms with Gasteiger partial charge in [-0.1, -0.05) is 13.2 Å². The number of aliphatic imine (C=N–C) groups is 1. The lowest BCUT2D eigenvalue weighted by Gasteiger charge is -2.03. The van der Waals surface area contributed by atoms with E-state index < -0.39 is 6.09 Å². The molecule has 15 heavy (non-hydrogen) atoms. The highest BCUT2D eigenvalue weighted by atomic mass is 16.5. The lowest BCUT2D eigenvalue weighted by atomic mass is 10.4. The van der Waals surface area contributed by atoms with Gasteiger partial charge >= 0.3 is 6.09 Å². The van der Waals surface area contributed by atoms with Crippen LogP contribution in [0.3, 0.4) is 0 Å². The average Bonchev–Trinajstić information content (AvgIpc) is 2.77. The molecule has 0 aromatic carbocycles. The number of aromatic nitrogens is 2. The van der Waals surface area contributed by atoms with Gasteiger partial charge in [0.05, 0.1) is 5.71 Å². The molecule has 0 atom stereocenters. The van der Waals surface area contributed by atoms with Gasteiger partial charge in [-0.3, -0.25) is 4.99 Å². The summed E-state index contributed by atoms with van der Waals surface area (Å²) in [5, 5.41) is 0. The Labute approximate surface area is 87.4 Å². The van der Waals surface area contributed by atoms with Crippen LogP contribution in [0, 0.1) is 0 Å². The van der Waals surface area contributed by atoms with Gasteiger partial charge in [0.25, 0.3) is 0 Å². The summed E-state index contributed by atoms with van der Waals surface area (Å²) >= 11 is 0. The van der Waals surface area contributed by atoms with Gasteiger partial charge in [0.1, 0.15) is 12.9 Å². The largest absolute Gasteiger partial charge is 0.442 e. The summed E-state index contributed by atoms with van der Waals surface area (Å²) in [6, 6.07) is 0. The second-order valence-electron chi connectivity index (χ2n) is 2.53. The van der Waals surface area contributed by atoms with Crippen molar-refractivity contribution in [3.8, 4) is 0 Å². The quantitative estimate of drug-likeness (QED) is 0.702. The first-order chi connectivity index (χ1) is 7.27. The second kappa shape index (κ2) is 5.54. The summed E-state index contributed by atoms with van der Waals surface area (Å²) in [4.78, 5) is 18.9. The maximum atomic E-state index is 11.3. The lowest BCUT2D eigenvalue weighted by Crippen LogP contribution is -2.16. The monoisotopic (exact) mass is 205 g/mol. The molecule has 1 rings (SSSR count). The molecule has 0 fully saturated rings. The van der Waals surface area contributed by atoms with Crippen LogP contribution in [0.25, 0.3) is 0 Å². The topological polar surface area (TPSA) is 56.5 Å². The Morgan fingerprint density at radius 1 is 1.60 bits per heavy atom. The number of carbonyl (C=O) groups excluding carboxylic acids is 1. The van der Waals surface area contributed by atoms with Gasteiger partial charge in [0, 0.05) is 18.6 Å². The third-order valence-corrected chi connectivity index (χ3v) is 1.55. The molecule has 1 heterocycles. The molecule has 0 N–H and O–H groups in total. The predicted octanol–water partition coefficient (Wildman–Crippen LogP) is 1.64. The molecule has 78 valence electrons. The number of imidazole rings is 1. The first kappa shape index (κ1) is 10.9. The Morgan fingerprint density at radius 2 is 2.40 bits per heavy atom. The van der Waals surface area contributed by atoms with Crippen molar-refractivity contribution in [3.63, 3.8) is 0 Å². The number of carbonyl (C=O) groups is 1. The fourth-order valence-electron chi connectivity index (χ4n) is 0.843. The Kier molecular flexibility index (Phi) is 4.03. The standard InChI is InChI=1S/C10H11N3O2/c1-3-9(12-4-2)7-15-10(14)13-6-5-11-8-13/h3-6,8H,1-2,7H2. The summed E-state index contributed by atoms with van der Waals surface area (Å²) in [5.41, 5.74) is 0.540. The highest BCUT2D eigenvalue weighted by Gasteiger charge is 2.05. The zero-order valence-electron chi connectivity index (χ0n) is 8.17. The Balaban J connectivity index is 2.50. The van der Waals surface area contributed by atoms with Crippen molar-refractivity contribution < 1.29 is 9.53 Å². The Morgan fingerprint density at radius 3 is 2.93 bits per heavy atom. The number of hydrogen-bond donors (Lipinski definition) is 0. The van der Waals surface area contributed by atoms with Gasteiger partial charge < -0.3 is 4.74 Å². The molecule has 0 aliphatic heterocycles. The predicted molar refractivity (Wildman–Crippen MR) is 56.8 cm³/mol. The minimum absolute atomic E-state index is 0.0620. The maximum absolute atomic E-state index is 11.3. The van der Waals surface area contributed by atoms with Crippen molar-refractivity contribution in [3.05, 3.63) is 44.2 Å². The minimum Gasteiger partial charge on any atom is -0.442 e. The molecule has 0 radical (unpaired) electrons. The number of rotatable bonds is 4. The van der Waals surface area contributed by atoms with E-state index in [-0.39, 0.29) is 6.61 Å². The molecule has 1 aromatic heterocycles. The van der Waals surface area contributed by atoms with E-state index >= 15 is 0 Å². The molecule has 0 spiro atoms. The van der Waals surface area contributed by atoms with E-state index in [2.05, 4.69) is 23.1 Å². The zero-order valence-corrected chi connectivity index (χ0v) is 8.17. The summed E-state index contributed by atoms with van der Waals surface area (Å²) in [7, 11) is 0. The third-order valence-electron chi connectivity index (χ3n) is 1.55. The van der Waals surface area contributed by atoms with E-state index in [1.807, 2.05) is 0 Å². The normalized spacial score (nSPS) is 10.8. The first-order valence-corrected chi connectivity index (χ1v) is 4.23. The van der Waals surface area contributed by atoms with E-state index in [1.54, 1.807) is 0 Å². The van der Waals surface area contributed by atoms with Crippen LogP contribution in [0.2, 0.25) is 0 Å². The van der Waals surface area contributed by atoms with Crippen LogP contribution < -0.4 is 0 Å². The second-order valence-corrected chi connectivity index (χ2v) is 2.53. The Bertz CT molecular complexity index is 379. The van der Waals surface area contributed by atoms with Crippen LogP contribution in [-0.4, -0.2) is 28.0 Å². The van der Waals surface area contributed by atoms with Gasteiger partial charge in [-0.25, -0.2) is 14.3 Å². The third kappa shape index (κ3) is 3.22. The SMILES string of the molecule is C=CN=C(C=C)COC(=O)n1ccnc1. The van der Waals surface area contributed by atoms with E-state index in [0.29, 0.717) is 5.71 Å². The van der Waals surface area contributed by atoms with E-state index in [4.69, 9.17) is 4.74 Å². The van der Waals surface area contributed by atoms with Crippen LogP contribution in [0.5, 0.6) is 0 Å². The molecule has 0 bridgehead atoms. The summed E-state index contributed by atoms with van der Waals surface area (Å²) in [5.74, 6) is 0. The van der Waals surface area contributed by atoms with Crippen LogP contribution in [0.4, 0.5) is 4.79 Å². The van der Waals surface area contributed by atoms with Gasteiger partial charge in [-0.05, 0) is 6.08 Å². The number of nitrogens with zero attached hydrogens (tertiary/aromatic N) is 3. The number of hydrogen-bond acceptors (Lipinski definition) is 4. The van der Waals surface area contributed by atoms with Crippen molar-refractivity contribution in [2.45, 2.75) is 0 Å². The molecule has 0 amide bonds. The van der Waals surface area contributed by atoms with Gasteiger partial charge in [0.2, 0.25) is 0 Å².